The number of hydrogen-bond donors (Lipinski definition) is 1. The van der Waals surface area contributed by atoms with Crippen LogP contribution < -0.4 is 14.2 Å². The van der Waals surface area contributed by atoms with Gasteiger partial charge in [-0.3, -0.25) is 0 Å². The molecule has 0 amide bonds. The second-order valence-electron chi connectivity index (χ2n) is 5.47. The number of hydrogen-bond acceptors (Lipinski definition) is 4. The molecule has 1 fully saturated rings. The van der Waals surface area contributed by atoms with E-state index in [1.165, 1.54) is 4.31 Å². The molecular weight excluding hydrogens is 316 g/mol. The number of benzene rings is 1. The zero-order valence-electron chi connectivity index (χ0n) is 13.7. The van der Waals surface area contributed by atoms with E-state index in [1.807, 2.05) is 31.2 Å². The smallest absolute Gasteiger partial charge is 0.279 e. The predicted octanol–water partition coefficient (Wildman–Crippen LogP) is 2.17. The summed E-state index contributed by atoms with van der Waals surface area (Å²) in [4.78, 5) is 0. The van der Waals surface area contributed by atoms with Crippen molar-refractivity contribution in [3.05, 3.63) is 24.3 Å². The molecule has 23 heavy (non-hydrogen) atoms. The van der Waals surface area contributed by atoms with Gasteiger partial charge < -0.3 is 9.47 Å². The standard InChI is InChI=1S/C16H26N2O4S/c1-2-21-15-7-9-16(10-8-15)22-14-11-17-23(19,20)18-12-5-3-4-6-13-18/h7-10,17H,2-6,11-14H2,1H3. The molecule has 0 bridgehead atoms. The molecule has 1 N–H and O–H groups in total. The maximum absolute atomic E-state index is 12.2. The summed E-state index contributed by atoms with van der Waals surface area (Å²) in [6.45, 7) is 4.32. The van der Waals surface area contributed by atoms with E-state index in [0.29, 0.717) is 32.1 Å². The monoisotopic (exact) mass is 342 g/mol. The van der Waals surface area contributed by atoms with E-state index < -0.39 is 10.2 Å². The Morgan fingerprint density at radius 3 is 2.13 bits per heavy atom. The molecule has 6 nitrogen and oxygen atoms in total. The van der Waals surface area contributed by atoms with Crippen LogP contribution in [0.2, 0.25) is 0 Å². The average Bonchev–Trinajstić information content (AvgIpc) is 2.83. The molecule has 1 aromatic carbocycles. The van der Waals surface area contributed by atoms with Gasteiger partial charge in [0.2, 0.25) is 0 Å². The lowest BCUT2D eigenvalue weighted by molar-refractivity contribution is 0.316. The lowest BCUT2D eigenvalue weighted by Gasteiger charge is -2.20. The van der Waals surface area contributed by atoms with E-state index in [0.717, 1.165) is 31.4 Å². The number of ether oxygens (including phenoxy) is 2. The third kappa shape index (κ3) is 6.01. The minimum atomic E-state index is -3.39. The first-order valence-electron chi connectivity index (χ1n) is 8.22. The first kappa shape index (κ1) is 18.0. The van der Waals surface area contributed by atoms with Crippen molar-refractivity contribution in [2.45, 2.75) is 32.6 Å². The van der Waals surface area contributed by atoms with E-state index in [9.17, 15) is 8.42 Å². The molecule has 0 spiro atoms. The van der Waals surface area contributed by atoms with Crippen molar-refractivity contribution in [2.75, 3.05) is 32.8 Å². The molecule has 0 radical (unpaired) electrons. The Morgan fingerprint density at radius 1 is 1.00 bits per heavy atom. The molecule has 1 aromatic rings. The van der Waals surface area contributed by atoms with Gasteiger partial charge in [-0.2, -0.15) is 17.4 Å². The Morgan fingerprint density at radius 2 is 1.57 bits per heavy atom. The molecule has 0 atom stereocenters. The van der Waals surface area contributed by atoms with E-state index in [4.69, 9.17) is 9.47 Å². The molecule has 1 saturated heterocycles. The lowest BCUT2D eigenvalue weighted by atomic mass is 10.2. The van der Waals surface area contributed by atoms with Gasteiger partial charge in [0.15, 0.2) is 0 Å². The van der Waals surface area contributed by atoms with E-state index in [2.05, 4.69) is 4.72 Å². The molecule has 130 valence electrons. The molecule has 1 aliphatic heterocycles. The Balaban J connectivity index is 1.73. The van der Waals surface area contributed by atoms with Gasteiger partial charge in [0.25, 0.3) is 10.2 Å². The number of nitrogens with zero attached hydrogens (tertiary/aromatic N) is 1. The Hall–Kier alpha value is -1.31. The summed E-state index contributed by atoms with van der Waals surface area (Å²) in [5.41, 5.74) is 0. The van der Waals surface area contributed by atoms with Crippen molar-refractivity contribution in [1.29, 1.82) is 0 Å². The lowest BCUT2D eigenvalue weighted by Crippen LogP contribution is -2.42. The summed E-state index contributed by atoms with van der Waals surface area (Å²) >= 11 is 0. The molecule has 0 aliphatic carbocycles. The highest BCUT2D eigenvalue weighted by atomic mass is 32.2. The molecule has 7 heteroatoms. The Kier molecular flexibility index (Phi) is 7.14. The van der Waals surface area contributed by atoms with Gasteiger partial charge in [-0.1, -0.05) is 12.8 Å². The summed E-state index contributed by atoms with van der Waals surface area (Å²) in [5.74, 6) is 1.49. The third-order valence-electron chi connectivity index (χ3n) is 3.69. The molecular formula is C16H26N2O4S. The van der Waals surface area contributed by atoms with Gasteiger partial charge in [-0.25, -0.2) is 0 Å². The molecule has 0 unspecified atom stereocenters. The average molecular weight is 342 g/mol. The fraction of sp³-hybridized carbons (Fsp3) is 0.625. The van der Waals surface area contributed by atoms with Crippen molar-refractivity contribution in [2.24, 2.45) is 0 Å². The van der Waals surface area contributed by atoms with Crippen molar-refractivity contribution in [1.82, 2.24) is 9.03 Å². The molecule has 2 rings (SSSR count). The molecule has 0 saturated carbocycles. The topological polar surface area (TPSA) is 67.9 Å². The summed E-state index contributed by atoms with van der Waals surface area (Å²) < 4.78 is 39.5. The zero-order chi connectivity index (χ0) is 16.5. The van der Waals surface area contributed by atoms with Crippen LogP contribution in [-0.2, 0) is 10.2 Å². The van der Waals surface area contributed by atoms with Crippen LogP contribution in [0.1, 0.15) is 32.6 Å². The predicted molar refractivity (Wildman–Crippen MR) is 90.1 cm³/mol. The highest BCUT2D eigenvalue weighted by Gasteiger charge is 2.22. The van der Waals surface area contributed by atoms with Crippen molar-refractivity contribution in [3.8, 4) is 11.5 Å². The summed E-state index contributed by atoms with van der Waals surface area (Å²) in [7, 11) is -3.39. The third-order valence-corrected chi connectivity index (χ3v) is 5.31. The van der Waals surface area contributed by atoms with Crippen LogP contribution in [0.3, 0.4) is 0 Å². The van der Waals surface area contributed by atoms with Gasteiger partial charge >= 0.3 is 0 Å². The maximum atomic E-state index is 12.2. The summed E-state index contributed by atoms with van der Waals surface area (Å²) in [5, 5.41) is 0. The molecule has 1 heterocycles. The van der Waals surface area contributed by atoms with Crippen LogP contribution in [0, 0.1) is 0 Å². The van der Waals surface area contributed by atoms with Crippen LogP contribution in [0.4, 0.5) is 0 Å². The first-order valence-corrected chi connectivity index (χ1v) is 9.66. The van der Waals surface area contributed by atoms with Gasteiger partial charge in [0.05, 0.1) is 6.61 Å². The molecule has 1 aliphatic rings. The number of nitrogens with one attached hydrogen (secondary N) is 1. The normalized spacial score (nSPS) is 16.7. The Labute approximate surface area is 139 Å². The van der Waals surface area contributed by atoms with Crippen LogP contribution >= 0.6 is 0 Å². The fourth-order valence-electron chi connectivity index (χ4n) is 2.51. The zero-order valence-corrected chi connectivity index (χ0v) is 14.5. The maximum Gasteiger partial charge on any atom is 0.279 e. The van der Waals surface area contributed by atoms with Crippen LogP contribution in [0.5, 0.6) is 11.5 Å². The van der Waals surface area contributed by atoms with Crippen molar-refractivity contribution in [3.63, 3.8) is 0 Å². The molecule has 0 aromatic heterocycles. The van der Waals surface area contributed by atoms with E-state index in [1.54, 1.807) is 0 Å². The highest BCUT2D eigenvalue weighted by molar-refractivity contribution is 7.87. The summed E-state index contributed by atoms with van der Waals surface area (Å²) in [6.07, 6.45) is 4.08. The second-order valence-corrected chi connectivity index (χ2v) is 7.22. The van der Waals surface area contributed by atoms with Crippen molar-refractivity contribution < 1.29 is 17.9 Å². The first-order chi connectivity index (χ1) is 11.1. The van der Waals surface area contributed by atoms with E-state index in [-0.39, 0.29) is 6.54 Å². The summed E-state index contributed by atoms with van der Waals surface area (Å²) in [6, 6.07) is 7.29. The van der Waals surface area contributed by atoms with Crippen LogP contribution in [0.15, 0.2) is 24.3 Å². The number of rotatable bonds is 8. The quantitative estimate of drug-likeness (QED) is 0.735. The highest BCUT2D eigenvalue weighted by Crippen LogP contribution is 2.17. The van der Waals surface area contributed by atoms with Crippen LogP contribution in [-0.4, -0.2) is 45.6 Å². The fourth-order valence-corrected chi connectivity index (χ4v) is 3.77. The van der Waals surface area contributed by atoms with Gasteiger partial charge in [0.1, 0.15) is 18.1 Å². The van der Waals surface area contributed by atoms with Crippen LogP contribution in [0.25, 0.3) is 0 Å². The van der Waals surface area contributed by atoms with E-state index >= 15 is 0 Å². The Bertz CT molecular complexity index is 552. The second kappa shape index (κ2) is 9.10. The SMILES string of the molecule is CCOc1ccc(OCCNS(=O)(=O)N2CCCCCC2)cc1. The van der Waals surface area contributed by atoms with Gasteiger partial charge in [0, 0.05) is 19.6 Å². The largest absolute Gasteiger partial charge is 0.494 e. The van der Waals surface area contributed by atoms with Gasteiger partial charge in [-0.05, 0) is 44.0 Å². The minimum absolute atomic E-state index is 0.256. The van der Waals surface area contributed by atoms with Crippen molar-refractivity contribution >= 4 is 10.2 Å². The van der Waals surface area contributed by atoms with Gasteiger partial charge in [-0.15, -0.1) is 0 Å². The minimum Gasteiger partial charge on any atom is -0.494 e.